The van der Waals surface area contributed by atoms with E-state index < -0.39 is 29.9 Å². The Morgan fingerprint density at radius 2 is 2.05 bits per heavy atom. The number of halogens is 3. The lowest BCUT2D eigenvalue weighted by Crippen LogP contribution is -2.37. The molecule has 1 N–H and O–H groups in total. The van der Waals surface area contributed by atoms with Crippen LogP contribution in [-0.2, 0) is 15.7 Å². The minimum absolute atomic E-state index is 0.131. The van der Waals surface area contributed by atoms with Crippen LogP contribution >= 0.6 is 0 Å². The summed E-state index contributed by atoms with van der Waals surface area (Å²) in [5, 5.41) is 2.66. The topological polar surface area (TPSA) is 68.3 Å². The molecule has 0 bridgehead atoms. The lowest BCUT2D eigenvalue weighted by atomic mass is 10.2. The maximum atomic E-state index is 12.3. The molecule has 0 aliphatic heterocycles. The fourth-order valence-corrected chi connectivity index (χ4v) is 1.51. The van der Waals surface area contributed by atoms with Crippen LogP contribution in [0, 0.1) is 0 Å². The van der Waals surface area contributed by atoms with Gasteiger partial charge in [-0.05, 0) is 31.9 Å². The Morgan fingerprint density at radius 1 is 1.38 bits per heavy atom. The van der Waals surface area contributed by atoms with E-state index in [9.17, 15) is 22.8 Å². The number of hydrogen-bond donors (Lipinski definition) is 1. The Labute approximate surface area is 118 Å². The largest absolute Gasteiger partial charge is 0.449 e. The monoisotopic (exact) mass is 302 g/mol. The third-order valence-electron chi connectivity index (χ3n) is 2.87. The van der Waals surface area contributed by atoms with Crippen molar-refractivity contribution in [3.63, 3.8) is 0 Å². The molecule has 1 atom stereocenters. The second kappa shape index (κ2) is 5.71. The molecule has 1 aromatic rings. The first-order valence-corrected chi connectivity index (χ1v) is 6.32. The van der Waals surface area contributed by atoms with Crippen LogP contribution in [0.2, 0.25) is 0 Å². The Bertz CT molecular complexity index is 539. The molecule has 0 saturated heterocycles. The number of esters is 1. The number of carbonyl (C=O) groups is 2. The summed E-state index contributed by atoms with van der Waals surface area (Å²) in [6.45, 7) is 1.40. The molecular formula is C13H13F3N2O3. The molecule has 0 aromatic carbocycles. The molecule has 21 heavy (non-hydrogen) atoms. The molecule has 0 radical (unpaired) electrons. The molecule has 1 aliphatic carbocycles. The molecule has 0 unspecified atom stereocenters. The Hall–Kier alpha value is -2.12. The van der Waals surface area contributed by atoms with Crippen molar-refractivity contribution in [1.82, 2.24) is 10.3 Å². The molecule has 8 heteroatoms. The summed E-state index contributed by atoms with van der Waals surface area (Å²) in [5.74, 6) is -1.32. The van der Waals surface area contributed by atoms with E-state index in [4.69, 9.17) is 4.74 Å². The zero-order valence-corrected chi connectivity index (χ0v) is 11.1. The highest BCUT2D eigenvalue weighted by Gasteiger charge is 2.32. The minimum atomic E-state index is -4.57. The van der Waals surface area contributed by atoms with Crippen LogP contribution in [0.5, 0.6) is 0 Å². The van der Waals surface area contributed by atoms with Crippen LogP contribution in [0.4, 0.5) is 13.2 Å². The minimum Gasteiger partial charge on any atom is -0.449 e. The predicted molar refractivity (Wildman–Crippen MR) is 65.3 cm³/mol. The molecule has 0 spiro atoms. The normalized spacial score (nSPS) is 16.2. The van der Waals surface area contributed by atoms with Crippen molar-refractivity contribution in [2.75, 3.05) is 0 Å². The standard InChI is InChI=1S/C13H13F3N2O3/c1-7(11(19)18-9-3-4-9)21-12(20)8-2-5-10(17-6-8)13(14,15)16/h2,5-7,9H,3-4H2,1H3,(H,18,19)/t7-/m1/s1. The second-order valence-corrected chi connectivity index (χ2v) is 4.76. The van der Waals surface area contributed by atoms with Crippen molar-refractivity contribution in [3.05, 3.63) is 29.6 Å². The molecule has 1 aliphatic rings. The van der Waals surface area contributed by atoms with Crippen LogP contribution in [0.25, 0.3) is 0 Å². The van der Waals surface area contributed by atoms with Crippen molar-refractivity contribution < 1.29 is 27.5 Å². The zero-order valence-electron chi connectivity index (χ0n) is 11.1. The molecule has 1 heterocycles. The summed E-state index contributed by atoms with van der Waals surface area (Å²) < 4.78 is 41.9. The average Bonchev–Trinajstić information content (AvgIpc) is 3.21. The number of ether oxygens (including phenoxy) is 1. The number of hydrogen-bond acceptors (Lipinski definition) is 4. The summed E-state index contributed by atoms with van der Waals surface area (Å²) in [6, 6.07) is 1.78. The Balaban J connectivity index is 1.94. The number of alkyl halides is 3. The summed E-state index contributed by atoms with van der Waals surface area (Å²) in [7, 11) is 0. The fraction of sp³-hybridized carbons (Fsp3) is 0.462. The van der Waals surface area contributed by atoms with E-state index in [-0.39, 0.29) is 11.6 Å². The van der Waals surface area contributed by atoms with Gasteiger partial charge in [-0.25, -0.2) is 4.79 Å². The van der Waals surface area contributed by atoms with Crippen LogP contribution in [0.1, 0.15) is 35.8 Å². The first-order chi connectivity index (χ1) is 9.77. The van der Waals surface area contributed by atoms with E-state index >= 15 is 0 Å². The maximum Gasteiger partial charge on any atom is 0.433 e. The van der Waals surface area contributed by atoms with Gasteiger partial charge in [-0.3, -0.25) is 9.78 Å². The van der Waals surface area contributed by atoms with Gasteiger partial charge in [0.15, 0.2) is 6.10 Å². The number of carbonyl (C=O) groups excluding carboxylic acids is 2. The molecule has 1 fully saturated rings. The number of rotatable bonds is 4. The summed E-state index contributed by atoms with van der Waals surface area (Å²) in [4.78, 5) is 26.4. The van der Waals surface area contributed by atoms with Gasteiger partial charge in [0.25, 0.3) is 5.91 Å². The summed E-state index contributed by atoms with van der Waals surface area (Å²) in [5.41, 5.74) is -1.24. The molecule has 1 amide bonds. The van der Waals surface area contributed by atoms with Gasteiger partial charge >= 0.3 is 12.1 Å². The molecule has 2 rings (SSSR count). The van der Waals surface area contributed by atoms with E-state index in [2.05, 4.69) is 10.3 Å². The third kappa shape index (κ3) is 4.17. The van der Waals surface area contributed by atoms with E-state index in [0.29, 0.717) is 6.07 Å². The van der Waals surface area contributed by atoms with Gasteiger partial charge in [0.1, 0.15) is 5.69 Å². The summed E-state index contributed by atoms with van der Waals surface area (Å²) in [6.07, 6.45) is -3.01. The Kier molecular flexibility index (Phi) is 4.15. The van der Waals surface area contributed by atoms with Crippen molar-refractivity contribution >= 4 is 11.9 Å². The van der Waals surface area contributed by atoms with E-state index in [0.717, 1.165) is 25.1 Å². The molecular weight excluding hydrogens is 289 g/mol. The van der Waals surface area contributed by atoms with Crippen molar-refractivity contribution in [2.45, 2.75) is 38.1 Å². The lowest BCUT2D eigenvalue weighted by Gasteiger charge is -2.13. The highest BCUT2D eigenvalue weighted by atomic mass is 19.4. The van der Waals surface area contributed by atoms with Gasteiger partial charge in [-0.2, -0.15) is 13.2 Å². The number of nitrogens with one attached hydrogen (secondary N) is 1. The zero-order chi connectivity index (χ0) is 15.6. The SMILES string of the molecule is C[C@@H](OC(=O)c1ccc(C(F)(F)F)nc1)C(=O)NC1CC1. The number of nitrogens with zero attached hydrogens (tertiary/aromatic N) is 1. The molecule has 1 aromatic heterocycles. The first-order valence-electron chi connectivity index (χ1n) is 6.32. The molecule has 5 nitrogen and oxygen atoms in total. The van der Waals surface area contributed by atoms with Crippen LogP contribution in [-0.4, -0.2) is 29.0 Å². The van der Waals surface area contributed by atoms with Gasteiger partial charge in [0, 0.05) is 12.2 Å². The van der Waals surface area contributed by atoms with Gasteiger partial charge in [0.05, 0.1) is 5.56 Å². The van der Waals surface area contributed by atoms with Gasteiger partial charge in [0.2, 0.25) is 0 Å². The fourth-order valence-electron chi connectivity index (χ4n) is 1.51. The van der Waals surface area contributed by atoms with Gasteiger partial charge in [-0.1, -0.05) is 0 Å². The predicted octanol–water partition coefficient (Wildman–Crippen LogP) is 1.92. The number of pyridine rings is 1. The van der Waals surface area contributed by atoms with Gasteiger partial charge < -0.3 is 10.1 Å². The van der Waals surface area contributed by atoms with E-state index in [1.807, 2.05) is 0 Å². The highest BCUT2D eigenvalue weighted by Crippen LogP contribution is 2.27. The number of aromatic nitrogens is 1. The average molecular weight is 302 g/mol. The molecule has 1 saturated carbocycles. The van der Waals surface area contributed by atoms with Crippen LogP contribution in [0.3, 0.4) is 0 Å². The lowest BCUT2D eigenvalue weighted by molar-refractivity contribution is -0.141. The number of amides is 1. The third-order valence-corrected chi connectivity index (χ3v) is 2.87. The van der Waals surface area contributed by atoms with Crippen molar-refractivity contribution in [1.29, 1.82) is 0 Å². The smallest absolute Gasteiger partial charge is 0.433 e. The van der Waals surface area contributed by atoms with E-state index in [1.54, 1.807) is 0 Å². The van der Waals surface area contributed by atoms with E-state index in [1.165, 1.54) is 6.92 Å². The highest BCUT2D eigenvalue weighted by molar-refractivity contribution is 5.92. The maximum absolute atomic E-state index is 12.3. The molecule has 114 valence electrons. The van der Waals surface area contributed by atoms with Crippen LogP contribution < -0.4 is 5.32 Å². The first kappa shape index (κ1) is 15.3. The van der Waals surface area contributed by atoms with Gasteiger partial charge in [-0.15, -0.1) is 0 Å². The Morgan fingerprint density at radius 3 is 2.52 bits per heavy atom. The second-order valence-electron chi connectivity index (χ2n) is 4.76. The summed E-state index contributed by atoms with van der Waals surface area (Å²) >= 11 is 0. The van der Waals surface area contributed by atoms with Crippen molar-refractivity contribution in [3.8, 4) is 0 Å². The van der Waals surface area contributed by atoms with Crippen molar-refractivity contribution in [2.24, 2.45) is 0 Å². The van der Waals surface area contributed by atoms with Crippen LogP contribution in [0.15, 0.2) is 18.3 Å². The quantitative estimate of drug-likeness (QED) is 0.863.